The van der Waals surface area contributed by atoms with Crippen molar-refractivity contribution in [2.75, 3.05) is 5.32 Å². The van der Waals surface area contributed by atoms with Crippen molar-refractivity contribution in [3.05, 3.63) is 77.9 Å². The Morgan fingerprint density at radius 2 is 1.70 bits per heavy atom. The van der Waals surface area contributed by atoms with Gasteiger partial charge in [-0.05, 0) is 53.6 Å². The number of primary amides is 1. The molecule has 0 aliphatic rings. The standard InChI is InChI=1S/C20H13F2N3OS/c21-13-4-8-17-18(10-13)27-20(25-17)24-14-5-1-11(2-6-14)12-3-7-15(19(23)26)16(22)9-12/h1-10H,(H2,23,26)(H,24,25). The van der Waals surface area contributed by atoms with Gasteiger partial charge in [0, 0.05) is 5.69 Å². The highest BCUT2D eigenvalue weighted by atomic mass is 32.1. The number of hydrogen-bond donors (Lipinski definition) is 2. The third-order valence-corrected chi connectivity index (χ3v) is 4.99. The van der Waals surface area contributed by atoms with Crippen molar-refractivity contribution in [3.63, 3.8) is 0 Å². The minimum atomic E-state index is -0.797. The molecule has 0 aliphatic carbocycles. The van der Waals surface area contributed by atoms with Crippen molar-refractivity contribution < 1.29 is 13.6 Å². The molecule has 27 heavy (non-hydrogen) atoms. The molecule has 134 valence electrons. The van der Waals surface area contributed by atoms with E-state index in [9.17, 15) is 13.6 Å². The second kappa shape index (κ2) is 6.77. The van der Waals surface area contributed by atoms with E-state index in [1.54, 1.807) is 12.1 Å². The Bertz CT molecular complexity index is 1160. The molecule has 4 rings (SSSR count). The summed E-state index contributed by atoms with van der Waals surface area (Å²) in [5.41, 5.74) is 7.94. The second-order valence-corrected chi connectivity index (χ2v) is 6.92. The highest BCUT2D eigenvalue weighted by Crippen LogP contribution is 2.30. The Hall–Kier alpha value is -3.32. The minimum absolute atomic E-state index is 0.135. The summed E-state index contributed by atoms with van der Waals surface area (Å²) in [6.45, 7) is 0. The van der Waals surface area contributed by atoms with Gasteiger partial charge in [-0.1, -0.05) is 29.5 Å². The largest absolute Gasteiger partial charge is 0.366 e. The van der Waals surface area contributed by atoms with E-state index in [0.29, 0.717) is 10.7 Å². The summed E-state index contributed by atoms with van der Waals surface area (Å²) < 4.78 is 28.0. The summed E-state index contributed by atoms with van der Waals surface area (Å²) in [5, 5.41) is 3.83. The molecule has 0 aliphatic heterocycles. The quantitative estimate of drug-likeness (QED) is 0.518. The van der Waals surface area contributed by atoms with E-state index < -0.39 is 11.7 Å². The first-order valence-corrected chi connectivity index (χ1v) is 8.84. The molecule has 4 nitrogen and oxygen atoms in total. The summed E-state index contributed by atoms with van der Waals surface area (Å²) in [6.07, 6.45) is 0. The van der Waals surface area contributed by atoms with E-state index in [1.807, 2.05) is 24.3 Å². The first kappa shape index (κ1) is 17.1. The Morgan fingerprint density at radius 1 is 0.963 bits per heavy atom. The Labute approximate surface area is 157 Å². The van der Waals surface area contributed by atoms with Crippen molar-refractivity contribution in [2.45, 2.75) is 0 Å². The molecule has 1 heterocycles. The van der Waals surface area contributed by atoms with E-state index in [4.69, 9.17) is 5.73 Å². The predicted octanol–water partition coefficient (Wildman–Crippen LogP) is 5.08. The van der Waals surface area contributed by atoms with Gasteiger partial charge in [0.1, 0.15) is 11.6 Å². The van der Waals surface area contributed by atoms with Crippen LogP contribution in [0.5, 0.6) is 0 Å². The van der Waals surface area contributed by atoms with Gasteiger partial charge in [-0.25, -0.2) is 13.8 Å². The molecule has 4 aromatic rings. The molecule has 0 saturated carbocycles. The molecule has 3 aromatic carbocycles. The van der Waals surface area contributed by atoms with Gasteiger partial charge in [-0.2, -0.15) is 0 Å². The maximum absolute atomic E-state index is 13.9. The average molecular weight is 381 g/mol. The molecule has 0 unspecified atom stereocenters. The second-order valence-electron chi connectivity index (χ2n) is 5.89. The third kappa shape index (κ3) is 3.50. The van der Waals surface area contributed by atoms with Gasteiger partial charge in [0.2, 0.25) is 0 Å². The number of aromatic nitrogens is 1. The Morgan fingerprint density at radius 3 is 2.41 bits per heavy atom. The number of halogens is 2. The molecule has 3 N–H and O–H groups in total. The number of benzene rings is 3. The van der Waals surface area contributed by atoms with Crippen molar-refractivity contribution >= 4 is 38.3 Å². The zero-order chi connectivity index (χ0) is 19.0. The van der Waals surface area contributed by atoms with Gasteiger partial charge in [0.05, 0.1) is 15.8 Å². The van der Waals surface area contributed by atoms with Crippen LogP contribution in [-0.4, -0.2) is 10.9 Å². The predicted molar refractivity (Wildman–Crippen MR) is 103 cm³/mol. The zero-order valence-corrected chi connectivity index (χ0v) is 14.7. The number of nitrogens with one attached hydrogen (secondary N) is 1. The van der Waals surface area contributed by atoms with E-state index in [0.717, 1.165) is 21.5 Å². The number of nitrogens with zero attached hydrogens (tertiary/aromatic N) is 1. The normalized spacial score (nSPS) is 10.9. The van der Waals surface area contributed by atoms with E-state index in [2.05, 4.69) is 10.3 Å². The maximum Gasteiger partial charge on any atom is 0.251 e. The number of carbonyl (C=O) groups is 1. The Balaban J connectivity index is 1.56. The van der Waals surface area contributed by atoms with E-state index >= 15 is 0 Å². The average Bonchev–Trinajstić information content (AvgIpc) is 3.03. The third-order valence-electron chi connectivity index (χ3n) is 4.05. The monoisotopic (exact) mass is 381 g/mol. The van der Waals surface area contributed by atoms with Gasteiger partial charge in [-0.3, -0.25) is 4.79 Å². The van der Waals surface area contributed by atoms with Crippen LogP contribution in [0.25, 0.3) is 21.3 Å². The fraction of sp³-hybridized carbons (Fsp3) is 0. The van der Waals surface area contributed by atoms with Crippen molar-refractivity contribution in [2.24, 2.45) is 5.73 Å². The number of fused-ring (bicyclic) bond motifs is 1. The van der Waals surface area contributed by atoms with Gasteiger partial charge in [0.25, 0.3) is 5.91 Å². The first-order chi connectivity index (χ1) is 13.0. The van der Waals surface area contributed by atoms with Crippen LogP contribution in [0.1, 0.15) is 10.4 Å². The van der Waals surface area contributed by atoms with Crippen molar-refractivity contribution in [1.82, 2.24) is 4.98 Å². The molecule has 0 spiro atoms. The van der Waals surface area contributed by atoms with Crippen molar-refractivity contribution in [1.29, 1.82) is 0 Å². The summed E-state index contributed by atoms with van der Waals surface area (Å²) >= 11 is 1.36. The molecule has 0 bridgehead atoms. The number of anilines is 2. The number of carbonyl (C=O) groups excluding carboxylic acids is 1. The number of amides is 1. The molecule has 7 heteroatoms. The topological polar surface area (TPSA) is 68.0 Å². The lowest BCUT2D eigenvalue weighted by Gasteiger charge is -2.07. The Kier molecular flexibility index (Phi) is 4.29. The van der Waals surface area contributed by atoms with Crippen LogP contribution in [0.2, 0.25) is 0 Å². The zero-order valence-electron chi connectivity index (χ0n) is 13.9. The summed E-state index contributed by atoms with van der Waals surface area (Å²) in [6, 6.07) is 16.1. The van der Waals surface area contributed by atoms with Gasteiger partial charge in [-0.15, -0.1) is 0 Å². The summed E-state index contributed by atoms with van der Waals surface area (Å²) in [7, 11) is 0. The van der Waals surface area contributed by atoms with E-state index in [1.165, 1.54) is 35.6 Å². The van der Waals surface area contributed by atoms with Crippen LogP contribution < -0.4 is 11.1 Å². The van der Waals surface area contributed by atoms with Crippen LogP contribution in [-0.2, 0) is 0 Å². The lowest BCUT2D eigenvalue weighted by atomic mass is 10.0. The molecule has 1 amide bonds. The number of thiazole rings is 1. The lowest BCUT2D eigenvalue weighted by Crippen LogP contribution is -2.12. The molecule has 0 radical (unpaired) electrons. The molecule has 1 aromatic heterocycles. The molecular formula is C20H13F2N3OS. The van der Waals surface area contributed by atoms with Crippen LogP contribution in [0, 0.1) is 11.6 Å². The number of nitrogens with two attached hydrogens (primary N) is 1. The van der Waals surface area contributed by atoms with Gasteiger partial charge >= 0.3 is 0 Å². The van der Waals surface area contributed by atoms with E-state index in [-0.39, 0.29) is 11.4 Å². The fourth-order valence-corrected chi connectivity index (χ4v) is 3.63. The maximum atomic E-state index is 13.9. The van der Waals surface area contributed by atoms with Gasteiger partial charge in [0.15, 0.2) is 5.13 Å². The molecular weight excluding hydrogens is 368 g/mol. The SMILES string of the molecule is NC(=O)c1ccc(-c2ccc(Nc3nc4ccc(F)cc4s3)cc2)cc1F. The number of hydrogen-bond acceptors (Lipinski definition) is 4. The molecule has 0 atom stereocenters. The van der Waals surface area contributed by atoms with Crippen LogP contribution in [0.3, 0.4) is 0 Å². The molecule has 0 fully saturated rings. The first-order valence-electron chi connectivity index (χ1n) is 8.02. The lowest BCUT2D eigenvalue weighted by molar-refractivity contribution is 0.0996. The minimum Gasteiger partial charge on any atom is -0.366 e. The fourth-order valence-electron chi connectivity index (χ4n) is 2.72. The molecule has 0 saturated heterocycles. The number of rotatable bonds is 4. The highest BCUT2D eigenvalue weighted by Gasteiger charge is 2.10. The van der Waals surface area contributed by atoms with Crippen LogP contribution >= 0.6 is 11.3 Å². The smallest absolute Gasteiger partial charge is 0.251 e. The summed E-state index contributed by atoms with van der Waals surface area (Å²) in [5.74, 6) is -1.74. The van der Waals surface area contributed by atoms with Crippen LogP contribution in [0.15, 0.2) is 60.7 Å². The van der Waals surface area contributed by atoms with Crippen LogP contribution in [0.4, 0.5) is 19.6 Å². The highest BCUT2D eigenvalue weighted by molar-refractivity contribution is 7.22. The van der Waals surface area contributed by atoms with Crippen molar-refractivity contribution in [3.8, 4) is 11.1 Å². The van der Waals surface area contributed by atoms with Gasteiger partial charge < -0.3 is 11.1 Å². The summed E-state index contributed by atoms with van der Waals surface area (Å²) in [4.78, 5) is 15.5.